The monoisotopic (exact) mass is 2070 g/mol. The molecule has 0 saturated carbocycles. The fourth-order valence-corrected chi connectivity index (χ4v) is 15.6. The zero-order chi connectivity index (χ0) is 79.0. The van der Waals surface area contributed by atoms with Gasteiger partial charge >= 0.3 is 0 Å². The first kappa shape index (κ1) is 93.0. The third-order valence-electron chi connectivity index (χ3n) is 17.3. The van der Waals surface area contributed by atoms with E-state index in [2.05, 4.69) is 285 Å². The largest absolute Gasteiger partial charge is 0.512 e. The van der Waals surface area contributed by atoms with E-state index in [0.717, 1.165) is 50.5 Å². The molecule has 6 heterocycles. The van der Waals surface area contributed by atoms with Crippen molar-refractivity contribution in [3.8, 4) is 76.2 Å². The Labute approximate surface area is 710 Å². The van der Waals surface area contributed by atoms with Crippen molar-refractivity contribution < 1.29 is 90.0 Å². The standard InChI is InChI=1S/C29H24NS.C27H28NS.C25H24NS.3C5H8O2.3Ir/c1-18-12-19(2)14-24(13-18)26-16-28-25(17-30-26)15-27(31-28)22-8-10-23(11-9-22)29-20(3)6-5-7-21(29)4;1-16(2)20-10-21(17(3)4)12-23(11-20)26-13-24-15-28-25(14-27(24)29-26)22-8-18(5)7-19(6)9-22;1-16-10-17(2)12-19(11-16)22-14-24-20(15-26-22)13-23(27-24)18-6-8-21(9-7-18)25(3,4)5;3*1-4(6)3-5(2)7;;;/h5-13,15-17H,1-4H3;7-8,10-17H,1-6H3;6-11,13-15H,1-5H3;3*3,6H,1-2H3;;;/q3*-1;;;;;;. The smallest absolute Gasteiger partial charge is 0.155 e. The van der Waals surface area contributed by atoms with Crippen molar-refractivity contribution in [2.75, 3.05) is 0 Å². The second-order valence-electron chi connectivity index (χ2n) is 29.5. The Morgan fingerprint density at radius 2 is 0.685 bits per heavy atom. The van der Waals surface area contributed by atoms with Crippen LogP contribution in [0.3, 0.4) is 0 Å². The second-order valence-corrected chi connectivity index (χ2v) is 32.7. The van der Waals surface area contributed by atoms with E-state index in [1.54, 1.807) is 0 Å². The number of fused-ring (bicyclic) bond motifs is 3. The Morgan fingerprint density at radius 3 is 0.955 bits per heavy atom. The summed E-state index contributed by atoms with van der Waals surface area (Å²) in [4.78, 5) is 48.1. The molecular formula is C96H100Ir3N3O6S3-3. The molecule has 6 aromatic heterocycles. The first-order valence-electron chi connectivity index (χ1n) is 36.2. The van der Waals surface area contributed by atoms with Crippen LogP contribution >= 0.6 is 34.0 Å². The third kappa shape index (κ3) is 27.7. The van der Waals surface area contributed by atoms with Crippen LogP contribution in [0.15, 0.2) is 212 Å². The maximum absolute atomic E-state index is 10.0. The van der Waals surface area contributed by atoms with Gasteiger partial charge in [0, 0.05) is 142 Å². The minimum absolute atomic E-state index is 0. The Kier molecular flexibility index (Phi) is 35.5. The molecule has 3 N–H and O–H groups in total. The zero-order valence-corrected chi connectivity index (χ0v) is 76.9. The summed E-state index contributed by atoms with van der Waals surface area (Å²) < 4.78 is 3.80. The number of benzene rings is 7. The van der Waals surface area contributed by atoms with E-state index in [1.165, 1.54) is 177 Å². The molecule has 0 spiro atoms. The van der Waals surface area contributed by atoms with Crippen molar-refractivity contribution in [1.82, 2.24) is 15.0 Å². The summed E-state index contributed by atoms with van der Waals surface area (Å²) in [5.74, 6) is 0.859. The molecule has 111 heavy (non-hydrogen) atoms. The first-order chi connectivity index (χ1) is 50.9. The number of hydrogen-bond acceptors (Lipinski definition) is 12. The average Bonchev–Trinajstić information content (AvgIpc) is 1.67. The van der Waals surface area contributed by atoms with Gasteiger partial charge in [0.15, 0.2) is 17.3 Å². The van der Waals surface area contributed by atoms with Crippen molar-refractivity contribution in [3.63, 3.8) is 0 Å². The van der Waals surface area contributed by atoms with Crippen LogP contribution in [-0.4, -0.2) is 47.6 Å². The second kappa shape index (κ2) is 42.4. The van der Waals surface area contributed by atoms with Crippen LogP contribution in [0.1, 0.15) is 163 Å². The Balaban J connectivity index is 0.000000260. The molecule has 0 unspecified atom stereocenters. The van der Waals surface area contributed by atoms with Crippen LogP contribution in [0.4, 0.5) is 0 Å². The number of aryl methyl sites for hydroxylation is 8. The molecule has 0 amide bonds. The van der Waals surface area contributed by atoms with Crippen LogP contribution in [0.25, 0.3) is 106 Å². The normalized spacial score (nSPS) is 11.3. The van der Waals surface area contributed by atoms with Gasteiger partial charge in [0.2, 0.25) is 0 Å². The molecule has 9 nitrogen and oxygen atoms in total. The van der Waals surface area contributed by atoms with Crippen molar-refractivity contribution in [2.45, 2.75) is 163 Å². The summed E-state index contributed by atoms with van der Waals surface area (Å²) in [6.07, 6.45) is 9.48. The van der Waals surface area contributed by atoms with Crippen LogP contribution in [-0.2, 0) is 80.1 Å². The molecule has 13 aromatic rings. The molecule has 0 bridgehead atoms. The van der Waals surface area contributed by atoms with Gasteiger partial charge in [-0.2, -0.15) is 0 Å². The topological polar surface area (TPSA) is 151 Å². The van der Waals surface area contributed by atoms with Crippen LogP contribution in [0.2, 0.25) is 0 Å². The number of hydrogen-bond donors (Lipinski definition) is 3. The summed E-state index contributed by atoms with van der Waals surface area (Å²) >= 11 is 5.50. The molecule has 0 aliphatic carbocycles. The van der Waals surface area contributed by atoms with Crippen LogP contribution < -0.4 is 0 Å². The maximum Gasteiger partial charge on any atom is 0.155 e. The van der Waals surface area contributed by atoms with Gasteiger partial charge in [0.25, 0.3) is 0 Å². The summed E-state index contributed by atoms with van der Waals surface area (Å²) in [6.45, 7) is 41.3. The predicted molar refractivity (Wildman–Crippen MR) is 459 cm³/mol. The van der Waals surface area contributed by atoms with Gasteiger partial charge in [-0.25, -0.2) is 0 Å². The van der Waals surface area contributed by atoms with Gasteiger partial charge in [0.1, 0.15) is 0 Å². The van der Waals surface area contributed by atoms with Crippen LogP contribution in [0, 0.1) is 73.6 Å². The number of pyridine rings is 3. The summed E-state index contributed by atoms with van der Waals surface area (Å²) in [5.41, 5.74) is 26.8. The van der Waals surface area contributed by atoms with Crippen molar-refractivity contribution in [2.24, 2.45) is 0 Å². The molecule has 15 heteroatoms. The predicted octanol–water partition coefficient (Wildman–Crippen LogP) is 27.1. The molecule has 0 saturated heterocycles. The van der Waals surface area contributed by atoms with Gasteiger partial charge in [-0.05, 0) is 164 Å². The molecule has 0 atom stereocenters. The minimum atomic E-state index is -0.125. The van der Waals surface area contributed by atoms with E-state index < -0.39 is 0 Å². The van der Waals surface area contributed by atoms with Gasteiger partial charge < -0.3 is 30.3 Å². The molecule has 3 radical (unpaired) electrons. The van der Waals surface area contributed by atoms with Crippen molar-refractivity contribution >= 4 is 81.6 Å². The number of aliphatic hydroxyl groups is 3. The molecule has 0 fully saturated rings. The van der Waals surface area contributed by atoms with Gasteiger partial charge in [-0.15, -0.1) is 139 Å². The zero-order valence-electron chi connectivity index (χ0n) is 67.3. The van der Waals surface area contributed by atoms with Gasteiger partial charge in [-0.1, -0.05) is 193 Å². The quantitative estimate of drug-likeness (QED) is 0.0617. The Hall–Kier alpha value is -8.55. The molecule has 7 aromatic carbocycles. The summed E-state index contributed by atoms with van der Waals surface area (Å²) in [6, 6.07) is 68.1. The third-order valence-corrected chi connectivity index (χ3v) is 20.7. The number of nitrogens with zero attached hydrogens (tertiary/aromatic N) is 3. The first-order valence-corrected chi connectivity index (χ1v) is 38.7. The number of carbonyl (C=O) groups excluding carboxylic acids is 3. The van der Waals surface area contributed by atoms with Gasteiger partial charge in [-0.3, -0.25) is 14.4 Å². The number of thiophene rings is 3. The average molecular weight is 2060 g/mol. The number of rotatable bonds is 12. The molecule has 0 aliphatic rings. The molecule has 0 aliphatic heterocycles. The van der Waals surface area contributed by atoms with E-state index in [-0.39, 0.29) is 100 Å². The van der Waals surface area contributed by atoms with Crippen LogP contribution in [0.5, 0.6) is 0 Å². The number of aliphatic hydroxyl groups excluding tert-OH is 3. The van der Waals surface area contributed by atoms with Crippen molar-refractivity contribution in [3.05, 3.63) is 291 Å². The SMILES string of the molecule is CC(=O)C=C(C)O.CC(=O)C=C(C)O.CC(=O)C=C(C)O.Cc1[c-]c(-c2cc3sc(-c4cc(C(C)C)cc(C(C)C)c4)cc3cn2)cc(C)c1.Cc1[c-]c(-c2cc3sc(-c4ccc(-c5c(C)cccc5C)cc4)cc3cn2)cc(C)c1.Cc1[c-]c(-c2cc3sc(-c4ccc(C(C)(C)C)cc4)cc3cn2)cc(C)c1.[Ir].[Ir].[Ir]. The Bertz CT molecular complexity index is 5290. The van der Waals surface area contributed by atoms with E-state index >= 15 is 0 Å². The Morgan fingerprint density at radius 1 is 0.387 bits per heavy atom. The maximum atomic E-state index is 10.0. The van der Waals surface area contributed by atoms with E-state index in [4.69, 9.17) is 25.3 Å². The number of carbonyl (C=O) groups is 3. The number of aromatic nitrogens is 3. The van der Waals surface area contributed by atoms with E-state index in [9.17, 15) is 14.4 Å². The fourth-order valence-electron chi connectivity index (χ4n) is 12.3. The molecule has 583 valence electrons. The molecule has 13 rings (SSSR count). The molecular weight excluding hydrogens is 1960 g/mol. The van der Waals surface area contributed by atoms with E-state index in [0.29, 0.717) is 11.8 Å². The minimum Gasteiger partial charge on any atom is -0.512 e. The summed E-state index contributed by atoms with van der Waals surface area (Å²) in [5, 5.41) is 28.7. The van der Waals surface area contributed by atoms with Gasteiger partial charge in [0.05, 0.1) is 17.3 Å². The summed E-state index contributed by atoms with van der Waals surface area (Å²) in [7, 11) is 0. The number of allylic oxidation sites excluding steroid dienone is 6. The van der Waals surface area contributed by atoms with Crippen molar-refractivity contribution in [1.29, 1.82) is 0 Å². The fraction of sp³-hybridized carbons (Fsp3) is 0.250. The van der Waals surface area contributed by atoms with E-state index in [1.807, 2.05) is 52.6 Å². The number of ketones is 3.